The maximum atomic E-state index is 13.9. The molecule has 1 aliphatic heterocycles. The summed E-state index contributed by atoms with van der Waals surface area (Å²) in [6.07, 6.45) is 0. The van der Waals surface area contributed by atoms with Gasteiger partial charge in [-0.05, 0) is 30.2 Å². The number of hydrogen-bond donors (Lipinski definition) is 1. The van der Waals surface area contributed by atoms with Gasteiger partial charge >= 0.3 is 0 Å². The van der Waals surface area contributed by atoms with Crippen molar-refractivity contribution in [2.45, 2.75) is 19.9 Å². The molecule has 1 aliphatic rings. The number of amides is 2. The van der Waals surface area contributed by atoms with E-state index in [1.54, 1.807) is 18.1 Å². The van der Waals surface area contributed by atoms with Crippen LogP contribution in [0.1, 0.15) is 24.2 Å². The van der Waals surface area contributed by atoms with Crippen LogP contribution in [-0.4, -0.2) is 56.0 Å². The fraction of sp³-hybridized carbons (Fsp3) is 0.391. The summed E-state index contributed by atoms with van der Waals surface area (Å²) in [6, 6.07) is 12.9. The lowest BCUT2D eigenvalue weighted by Gasteiger charge is -2.38. The molecule has 2 aromatic rings. The summed E-state index contributed by atoms with van der Waals surface area (Å²) in [6.45, 7) is 6.15. The number of halogens is 1. The van der Waals surface area contributed by atoms with Crippen LogP contribution in [0.5, 0.6) is 5.75 Å². The zero-order valence-corrected chi connectivity index (χ0v) is 17.6. The van der Waals surface area contributed by atoms with Crippen LogP contribution in [0.25, 0.3) is 0 Å². The van der Waals surface area contributed by atoms with Crippen molar-refractivity contribution in [2.24, 2.45) is 5.92 Å². The van der Waals surface area contributed by atoms with E-state index in [4.69, 9.17) is 4.74 Å². The minimum Gasteiger partial charge on any atom is -0.495 e. The van der Waals surface area contributed by atoms with Crippen LogP contribution >= 0.6 is 0 Å². The van der Waals surface area contributed by atoms with Gasteiger partial charge in [0.05, 0.1) is 18.4 Å². The Balaban J connectivity index is 1.66. The summed E-state index contributed by atoms with van der Waals surface area (Å²) >= 11 is 0. The van der Waals surface area contributed by atoms with Crippen LogP contribution in [-0.2, 0) is 4.79 Å². The topological polar surface area (TPSA) is 61.9 Å². The van der Waals surface area contributed by atoms with Gasteiger partial charge in [0.2, 0.25) is 5.91 Å². The van der Waals surface area contributed by atoms with E-state index in [0.29, 0.717) is 26.2 Å². The number of nitrogens with one attached hydrogen (secondary N) is 1. The van der Waals surface area contributed by atoms with Crippen molar-refractivity contribution >= 4 is 17.5 Å². The number of ether oxygens (including phenoxy) is 1. The fourth-order valence-electron chi connectivity index (χ4n) is 3.63. The Morgan fingerprint density at radius 3 is 2.27 bits per heavy atom. The molecule has 3 rings (SSSR count). The van der Waals surface area contributed by atoms with Gasteiger partial charge < -0.3 is 19.9 Å². The van der Waals surface area contributed by atoms with Crippen LogP contribution in [0.3, 0.4) is 0 Å². The minimum atomic E-state index is -0.713. The second kappa shape index (κ2) is 9.61. The zero-order chi connectivity index (χ0) is 21.7. The molecule has 1 unspecified atom stereocenters. The largest absolute Gasteiger partial charge is 0.495 e. The van der Waals surface area contributed by atoms with Gasteiger partial charge in [0, 0.05) is 26.2 Å². The number of rotatable bonds is 6. The Kier molecular flexibility index (Phi) is 6.92. The summed E-state index contributed by atoms with van der Waals surface area (Å²) in [5.41, 5.74) is 0.942. The first kappa shape index (κ1) is 21.6. The number of nitrogens with zero attached hydrogens (tertiary/aromatic N) is 2. The zero-order valence-electron chi connectivity index (χ0n) is 17.6. The highest BCUT2D eigenvalue weighted by Gasteiger charge is 2.31. The Bertz CT molecular complexity index is 895. The van der Waals surface area contributed by atoms with E-state index in [9.17, 15) is 14.0 Å². The van der Waals surface area contributed by atoms with Crippen molar-refractivity contribution in [1.29, 1.82) is 0 Å². The smallest absolute Gasteiger partial charge is 0.254 e. The third-order valence-corrected chi connectivity index (χ3v) is 5.35. The third kappa shape index (κ3) is 4.72. The second-order valence-electron chi connectivity index (χ2n) is 7.66. The average molecular weight is 413 g/mol. The summed E-state index contributed by atoms with van der Waals surface area (Å²) in [5, 5.41) is 2.73. The van der Waals surface area contributed by atoms with Crippen LogP contribution < -0.4 is 15.0 Å². The van der Waals surface area contributed by atoms with Crippen molar-refractivity contribution < 1.29 is 18.7 Å². The molecule has 1 atom stereocenters. The Morgan fingerprint density at radius 2 is 1.63 bits per heavy atom. The second-order valence-corrected chi connectivity index (χ2v) is 7.66. The normalized spacial score (nSPS) is 15.1. The number of para-hydroxylation sites is 2. The molecular formula is C23H28FN3O3. The van der Waals surface area contributed by atoms with Crippen LogP contribution in [0, 0.1) is 11.7 Å². The van der Waals surface area contributed by atoms with Gasteiger partial charge in [0.15, 0.2) is 0 Å². The molecule has 1 saturated heterocycles. The number of methoxy groups -OCH3 is 1. The first-order chi connectivity index (χ1) is 14.4. The van der Waals surface area contributed by atoms with Gasteiger partial charge in [-0.25, -0.2) is 4.39 Å². The minimum absolute atomic E-state index is 0.0584. The average Bonchev–Trinajstić information content (AvgIpc) is 2.77. The third-order valence-electron chi connectivity index (χ3n) is 5.35. The predicted molar refractivity (Wildman–Crippen MR) is 114 cm³/mol. The van der Waals surface area contributed by atoms with Crippen molar-refractivity contribution in [3.8, 4) is 5.75 Å². The highest BCUT2D eigenvalue weighted by Crippen LogP contribution is 2.28. The number of piperazine rings is 1. The van der Waals surface area contributed by atoms with Gasteiger partial charge in [-0.1, -0.05) is 38.1 Å². The number of anilines is 1. The van der Waals surface area contributed by atoms with E-state index in [2.05, 4.69) is 10.2 Å². The molecule has 0 aliphatic carbocycles. The first-order valence-electron chi connectivity index (χ1n) is 10.1. The molecule has 0 bridgehead atoms. The Morgan fingerprint density at radius 1 is 1.00 bits per heavy atom. The highest BCUT2D eigenvalue weighted by molar-refractivity contribution is 5.97. The lowest BCUT2D eigenvalue weighted by molar-refractivity contribution is -0.134. The number of carbonyl (C=O) groups is 2. The van der Waals surface area contributed by atoms with E-state index in [1.807, 2.05) is 38.1 Å². The monoisotopic (exact) mass is 413 g/mol. The predicted octanol–water partition coefficient (Wildman–Crippen LogP) is 2.94. The van der Waals surface area contributed by atoms with E-state index in [-0.39, 0.29) is 17.4 Å². The Hall–Kier alpha value is -3.09. The molecule has 30 heavy (non-hydrogen) atoms. The van der Waals surface area contributed by atoms with Crippen LogP contribution in [0.15, 0.2) is 48.5 Å². The molecule has 1 fully saturated rings. The summed E-state index contributed by atoms with van der Waals surface area (Å²) in [7, 11) is 1.64. The SMILES string of the molecule is COc1ccccc1N1CCN(C(=O)C(NC(=O)c2ccccc2F)C(C)C)CC1. The quantitative estimate of drug-likeness (QED) is 0.791. The van der Waals surface area contributed by atoms with Gasteiger partial charge in [0.25, 0.3) is 5.91 Å². The van der Waals surface area contributed by atoms with Gasteiger partial charge in [-0.2, -0.15) is 0 Å². The Labute approximate surface area is 176 Å². The van der Waals surface area contributed by atoms with Gasteiger partial charge in [-0.15, -0.1) is 0 Å². The number of carbonyl (C=O) groups excluding carboxylic acids is 2. The molecule has 7 heteroatoms. The molecule has 6 nitrogen and oxygen atoms in total. The molecule has 0 radical (unpaired) electrons. The standard InChI is InChI=1S/C23H28FN3O3/c1-16(2)21(25-22(28)17-8-4-5-9-18(17)24)23(29)27-14-12-26(13-15-27)19-10-6-7-11-20(19)30-3/h4-11,16,21H,12-15H2,1-3H3,(H,25,28). The summed E-state index contributed by atoms with van der Waals surface area (Å²) in [4.78, 5) is 29.6. The van der Waals surface area contributed by atoms with Gasteiger partial charge in [-0.3, -0.25) is 9.59 Å². The molecule has 0 spiro atoms. The van der Waals surface area contributed by atoms with Crippen molar-refractivity contribution in [3.05, 3.63) is 59.9 Å². The molecule has 0 saturated carbocycles. The van der Waals surface area contributed by atoms with E-state index < -0.39 is 17.8 Å². The van der Waals surface area contributed by atoms with Gasteiger partial charge in [0.1, 0.15) is 17.6 Å². The molecular weight excluding hydrogens is 385 g/mol. The van der Waals surface area contributed by atoms with Crippen molar-refractivity contribution in [3.63, 3.8) is 0 Å². The fourth-order valence-corrected chi connectivity index (χ4v) is 3.63. The maximum Gasteiger partial charge on any atom is 0.254 e. The van der Waals surface area contributed by atoms with Crippen molar-refractivity contribution in [1.82, 2.24) is 10.2 Å². The molecule has 2 aromatic carbocycles. The lowest BCUT2D eigenvalue weighted by atomic mass is 10.0. The van der Waals surface area contributed by atoms with E-state index >= 15 is 0 Å². The maximum absolute atomic E-state index is 13.9. The van der Waals surface area contributed by atoms with Crippen molar-refractivity contribution in [2.75, 3.05) is 38.2 Å². The summed E-state index contributed by atoms with van der Waals surface area (Å²) < 4.78 is 19.4. The lowest BCUT2D eigenvalue weighted by Crippen LogP contribution is -2.56. The molecule has 1 heterocycles. The van der Waals surface area contributed by atoms with E-state index in [1.165, 1.54) is 18.2 Å². The highest BCUT2D eigenvalue weighted by atomic mass is 19.1. The first-order valence-corrected chi connectivity index (χ1v) is 10.1. The number of hydrogen-bond acceptors (Lipinski definition) is 4. The van der Waals surface area contributed by atoms with Crippen LogP contribution in [0.4, 0.5) is 10.1 Å². The summed E-state index contributed by atoms with van der Waals surface area (Å²) in [5.74, 6) is -0.646. The molecule has 160 valence electrons. The molecule has 1 N–H and O–H groups in total. The van der Waals surface area contributed by atoms with Crippen LogP contribution in [0.2, 0.25) is 0 Å². The van der Waals surface area contributed by atoms with E-state index in [0.717, 1.165) is 11.4 Å². The number of benzene rings is 2. The molecule has 0 aromatic heterocycles. The molecule has 2 amide bonds.